The molecule has 3 aliphatic rings. The van der Waals surface area contributed by atoms with E-state index in [2.05, 4.69) is 0 Å². The first kappa shape index (κ1) is 17.5. The molecule has 7 heteroatoms. The molecular formula is C19H21FN2O3S. The minimum Gasteiger partial charge on any atom is -0.337 e. The van der Waals surface area contributed by atoms with Crippen molar-refractivity contribution in [2.24, 2.45) is 0 Å². The van der Waals surface area contributed by atoms with E-state index in [-0.39, 0.29) is 41.4 Å². The maximum absolute atomic E-state index is 13.2. The van der Waals surface area contributed by atoms with E-state index in [0.717, 1.165) is 47.9 Å². The normalized spacial score (nSPS) is 31.0. The highest BCUT2D eigenvalue weighted by molar-refractivity contribution is 8.15. The van der Waals surface area contributed by atoms with Gasteiger partial charge < -0.3 is 4.90 Å². The van der Waals surface area contributed by atoms with Gasteiger partial charge in [0.1, 0.15) is 11.1 Å². The zero-order chi connectivity index (χ0) is 18.4. The molecule has 3 saturated heterocycles. The van der Waals surface area contributed by atoms with Gasteiger partial charge in [-0.15, -0.1) is 0 Å². The van der Waals surface area contributed by atoms with Gasteiger partial charge in [0.15, 0.2) is 0 Å². The highest BCUT2D eigenvalue weighted by Gasteiger charge is 2.46. The molecule has 1 aromatic rings. The average Bonchev–Trinajstić information content (AvgIpc) is 3.02. The minimum atomic E-state index is -0.589. The summed E-state index contributed by atoms with van der Waals surface area (Å²) in [5.74, 6) is -0.194. The predicted molar refractivity (Wildman–Crippen MR) is 96.2 cm³/mol. The quantitative estimate of drug-likeness (QED) is 0.813. The number of thioether (sulfide) groups is 1. The van der Waals surface area contributed by atoms with Crippen LogP contribution in [0.1, 0.15) is 43.6 Å². The Balaban J connectivity index is 1.43. The van der Waals surface area contributed by atoms with Crippen LogP contribution in [0, 0.1) is 5.82 Å². The Kier molecular flexibility index (Phi) is 4.50. The number of rotatable bonds is 3. The summed E-state index contributed by atoms with van der Waals surface area (Å²) in [6.45, 7) is 0. The lowest BCUT2D eigenvalue weighted by Gasteiger charge is -2.39. The third kappa shape index (κ3) is 3.02. The van der Waals surface area contributed by atoms with Crippen molar-refractivity contribution < 1.29 is 18.8 Å². The van der Waals surface area contributed by atoms with Crippen molar-refractivity contribution in [3.05, 3.63) is 35.6 Å². The Hall–Kier alpha value is -1.89. The summed E-state index contributed by atoms with van der Waals surface area (Å²) < 4.78 is 13.2. The summed E-state index contributed by atoms with van der Waals surface area (Å²) in [6, 6.07) is 7.01. The van der Waals surface area contributed by atoms with Crippen molar-refractivity contribution in [1.82, 2.24) is 9.80 Å². The van der Waals surface area contributed by atoms with Crippen molar-refractivity contribution in [3.8, 4) is 0 Å². The summed E-state index contributed by atoms with van der Waals surface area (Å²) >= 11 is 0.950. The molecule has 2 bridgehead atoms. The van der Waals surface area contributed by atoms with E-state index in [9.17, 15) is 18.8 Å². The van der Waals surface area contributed by atoms with Crippen LogP contribution < -0.4 is 0 Å². The summed E-state index contributed by atoms with van der Waals surface area (Å²) in [6.07, 6.45) is 3.78. The van der Waals surface area contributed by atoms with E-state index in [1.54, 1.807) is 0 Å². The highest BCUT2D eigenvalue weighted by Crippen LogP contribution is 2.44. The first-order chi connectivity index (χ1) is 12.4. The van der Waals surface area contributed by atoms with Crippen molar-refractivity contribution >= 4 is 28.8 Å². The van der Waals surface area contributed by atoms with Crippen LogP contribution >= 0.6 is 11.8 Å². The van der Waals surface area contributed by atoms with E-state index in [4.69, 9.17) is 0 Å². The number of fused-ring (bicyclic) bond motifs is 2. The molecule has 0 N–H and O–H groups in total. The van der Waals surface area contributed by atoms with Gasteiger partial charge in [0, 0.05) is 25.6 Å². The van der Waals surface area contributed by atoms with Gasteiger partial charge >= 0.3 is 0 Å². The third-order valence-electron chi connectivity index (χ3n) is 5.85. The molecule has 138 valence electrons. The van der Waals surface area contributed by atoms with Gasteiger partial charge in [0.05, 0.1) is 0 Å². The zero-order valence-corrected chi connectivity index (χ0v) is 15.4. The number of hydrogen-bond acceptors (Lipinski definition) is 4. The topological polar surface area (TPSA) is 57.7 Å². The van der Waals surface area contributed by atoms with Crippen LogP contribution in [0.15, 0.2) is 24.3 Å². The summed E-state index contributed by atoms with van der Waals surface area (Å²) in [7, 11) is 1.46. The fraction of sp³-hybridized carbons (Fsp3) is 0.526. The van der Waals surface area contributed by atoms with E-state index in [1.165, 1.54) is 19.2 Å². The number of nitrogens with zero attached hydrogens (tertiary/aromatic N) is 2. The highest BCUT2D eigenvalue weighted by atomic mass is 32.2. The molecule has 3 heterocycles. The molecule has 3 fully saturated rings. The van der Waals surface area contributed by atoms with Crippen LogP contribution in [0.2, 0.25) is 0 Å². The second-order valence-electron chi connectivity index (χ2n) is 7.38. The Labute approximate surface area is 155 Å². The molecule has 0 aliphatic carbocycles. The zero-order valence-electron chi connectivity index (χ0n) is 14.6. The van der Waals surface area contributed by atoms with E-state index >= 15 is 0 Å². The number of amides is 3. The van der Waals surface area contributed by atoms with E-state index in [0.29, 0.717) is 5.92 Å². The lowest BCUT2D eigenvalue weighted by Crippen LogP contribution is -2.47. The standard InChI is InChI=1S/C19H21FN2O3S/c1-21-18(24)16(26-19(21)25)10-17(23)22-14-6-7-15(22)9-12(8-14)11-2-4-13(20)5-3-11/h2-5,12,14-16H,6-10H2,1H3. The van der Waals surface area contributed by atoms with Crippen LogP contribution in [-0.4, -0.2) is 51.2 Å². The Morgan fingerprint density at radius 1 is 1.15 bits per heavy atom. The molecule has 26 heavy (non-hydrogen) atoms. The molecule has 0 radical (unpaired) electrons. The third-order valence-corrected chi connectivity index (χ3v) is 6.97. The summed E-state index contributed by atoms with van der Waals surface area (Å²) in [5, 5.41) is -0.875. The van der Waals surface area contributed by atoms with Crippen LogP contribution in [0.3, 0.4) is 0 Å². The Morgan fingerprint density at radius 3 is 2.31 bits per heavy atom. The van der Waals surface area contributed by atoms with Gasteiger partial charge in [-0.3, -0.25) is 19.3 Å². The first-order valence-corrected chi connectivity index (χ1v) is 9.87. The molecule has 5 nitrogen and oxygen atoms in total. The molecule has 0 aromatic heterocycles. The molecule has 3 amide bonds. The largest absolute Gasteiger partial charge is 0.337 e. The molecule has 4 rings (SSSR count). The lowest BCUT2D eigenvalue weighted by atomic mass is 9.85. The average molecular weight is 376 g/mol. The number of hydrogen-bond donors (Lipinski definition) is 0. The maximum atomic E-state index is 13.2. The van der Waals surface area contributed by atoms with Gasteiger partial charge in [-0.1, -0.05) is 23.9 Å². The van der Waals surface area contributed by atoms with Crippen molar-refractivity contribution in [1.29, 1.82) is 0 Å². The van der Waals surface area contributed by atoms with Crippen molar-refractivity contribution in [3.63, 3.8) is 0 Å². The first-order valence-electron chi connectivity index (χ1n) is 8.99. The Bertz CT molecular complexity index is 740. The molecule has 3 unspecified atom stereocenters. The van der Waals surface area contributed by atoms with Gasteiger partial charge in [-0.25, -0.2) is 4.39 Å². The summed E-state index contributed by atoms with van der Waals surface area (Å²) in [5.41, 5.74) is 1.13. The lowest BCUT2D eigenvalue weighted by molar-refractivity contribution is -0.138. The van der Waals surface area contributed by atoms with E-state index < -0.39 is 5.25 Å². The number of carbonyl (C=O) groups is 3. The van der Waals surface area contributed by atoms with E-state index in [1.807, 2.05) is 17.0 Å². The second kappa shape index (κ2) is 6.68. The number of halogens is 1. The fourth-order valence-corrected chi connectivity index (χ4v) is 5.52. The molecule has 3 aliphatic heterocycles. The minimum absolute atomic E-state index is 0.0241. The smallest absolute Gasteiger partial charge is 0.288 e. The van der Waals surface area contributed by atoms with Crippen molar-refractivity contribution in [2.75, 3.05) is 7.05 Å². The predicted octanol–water partition coefficient (Wildman–Crippen LogP) is 3.15. The van der Waals surface area contributed by atoms with Crippen LogP contribution in [0.25, 0.3) is 0 Å². The van der Waals surface area contributed by atoms with Crippen LogP contribution in [-0.2, 0) is 9.59 Å². The SMILES string of the molecule is CN1C(=O)SC(CC(=O)N2C3CCC2CC(c2ccc(F)cc2)C3)C1=O. The molecule has 1 aromatic carbocycles. The summed E-state index contributed by atoms with van der Waals surface area (Å²) in [4.78, 5) is 39.6. The number of benzene rings is 1. The van der Waals surface area contributed by atoms with Gasteiger partial charge in [-0.2, -0.15) is 0 Å². The van der Waals surface area contributed by atoms with Crippen LogP contribution in [0.5, 0.6) is 0 Å². The number of carbonyl (C=O) groups excluding carboxylic acids is 3. The molecule has 0 saturated carbocycles. The monoisotopic (exact) mass is 376 g/mol. The molecular weight excluding hydrogens is 355 g/mol. The second-order valence-corrected chi connectivity index (χ2v) is 8.53. The number of piperidine rings is 1. The van der Waals surface area contributed by atoms with Gasteiger partial charge in [-0.05, 0) is 49.3 Å². The maximum Gasteiger partial charge on any atom is 0.288 e. The van der Waals surface area contributed by atoms with Crippen molar-refractivity contribution in [2.45, 2.75) is 55.4 Å². The van der Waals surface area contributed by atoms with Crippen LogP contribution in [0.4, 0.5) is 9.18 Å². The Morgan fingerprint density at radius 2 is 1.77 bits per heavy atom. The number of imide groups is 1. The van der Waals surface area contributed by atoms with Gasteiger partial charge in [0.25, 0.3) is 5.24 Å². The fourth-order valence-electron chi connectivity index (χ4n) is 4.54. The molecule has 3 atom stereocenters. The molecule has 0 spiro atoms. The van der Waals surface area contributed by atoms with Gasteiger partial charge in [0.2, 0.25) is 11.8 Å².